The van der Waals surface area contributed by atoms with Gasteiger partial charge in [-0.3, -0.25) is 18.9 Å². The standard InChI is InChI=1S/C35H42N6O9S2/c1-21-28-29(42)40(35(12-13-35)32(43)38-52(45,46)34(2)10-11-34)33(44)39(31(28)51-30(21)41-36-14-15-37-41)20-27(50-24-18-22-8-9-23(19-24)49-22)25-6-4-5-7-26(25)48-17-16-47-3/h4-7,14-15,22-24,27H,8-13,16-20H2,1-3H3,(H,38,43)/t22-,23+,24-,27-/m0/s1. The molecule has 8 rings (SSSR count). The van der Waals surface area contributed by atoms with Gasteiger partial charge >= 0.3 is 5.69 Å². The van der Waals surface area contributed by atoms with E-state index in [1.807, 2.05) is 24.3 Å². The van der Waals surface area contributed by atoms with Crippen LogP contribution < -0.4 is 20.7 Å². The summed E-state index contributed by atoms with van der Waals surface area (Å²) in [5.74, 6) is -0.312. The van der Waals surface area contributed by atoms with Crippen LogP contribution in [0.15, 0.2) is 46.2 Å². The largest absolute Gasteiger partial charge is 0.491 e. The molecule has 17 heteroatoms. The second kappa shape index (κ2) is 13.2. The molecule has 52 heavy (non-hydrogen) atoms. The van der Waals surface area contributed by atoms with Crippen LogP contribution in [-0.4, -0.2) is 81.8 Å². The molecule has 2 aliphatic heterocycles. The Labute approximate surface area is 303 Å². The second-order valence-corrected chi connectivity index (χ2v) is 17.7. The number of thiophene rings is 1. The molecule has 4 atom stereocenters. The summed E-state index contributed by atoms with van der Waals surface area (Å²) < 4.78 is 54.4. The molecule has 3 aromatic heterocycles. The van der Waals surface area contributed by atoms with Crippen molar-refractivity contribution in [3.8, 4) is 10.8 Å². The molecule has 0 spiro atoms. The molecule has 4 aromatic rings. The quantitative estimate of drug-likeness (QED) is 0.187. The third-order valence-corrected chi connectivity index (χ3v) is 14.4. The van der Waals surface area contributed by atoms with Crippen LogP contribution in [0, 0.1) is 6.92 Å². The fourth-order valence-corrected chi connectivity index (χ4v) is 10.0. The summed E-state index contributed by atoms with van der Waals surface area (Å²) in [6.45, 7) is 3.95. The van der Waals surface area contributed by atoms with Crippen molar-refractivity contribution in [3.63, 3.8) is 0 Å². The van der Waals surface area contributed by atoms with E-state index in [9.17, 15) is 22.8 Å². The van der Waals surface area contributed by atoms with Crippen molar-refractivity contribution in [2.45, 2.75) is 106 Å². The summed E-state index contributed by atoms with van der Waals surface area (Å²) in [4.78, 5) is 45.1. The molecule has 2 saturated heterocycles. The minimum Gasteiger partial charge on any atom is -0.491 e. The molecule has 2 saturated carbocycles. The van der Waals surface area contributed by atoms with Crippen LogP contribution in [0.3, 0.4) is 0 Å². The van der Waals surface area contributed by atoms with Crippen LogP contribution >= 0.6 is 11.3 Å². The summed E-state index contributed by atoms with van der Waals surface area (Å²) in [7, 11) is -2.44. The van der Waals surface area contributed by atoms with Gasteiger partial charge in [0.15, 0.2) is 0 Å². The van der Waals surface area contributed by atoms with Crippen molar-refractivity contribution in [1.29, 1.82) is 0 Å². The molecule has 15 nitrogen and oxygen atoms in total. The molecule has 5 heterocycles. The van der Waals surface area contributed by atoms with E-state index >= 15 is 0 Å². The Morgan fingerprint density at radius 1 is 1.08 bits per heavy atom. The molecule has 4 aliphatic rings. The van der Waals surface area contributed by atoms with E-state index in [4.69, 9.17) is 18.9 Å². The second-order valence-electron chi connectivity index (χ2n) is 14.5. The van der Waals surface area contributed by atoms with E-state index in [2.05, 4.69) is 14.9 Å². The molecular weight excluding hydrogens is 713 g/mol. The van der Waals surface area contributed by atoms with Gasteiger partial charge in [0.25, 0.3) is 11.5 Å². The van der Waals surface area contributed by atoms with Crippen LogP contribution in [0.5, 0.6) is 5.75 Å². The molecule has 2 bridgehead atoms. The number of hydrogen-bond donors (Lipinski definition) is 1. The van der Waals surface area contributed by atoms with Gasteiger partial charge < -0.3 is 18.9 Å². The number of benzene rings is 1. The van der Waals surface area contributed by atoms with Gasteiger partial charge in [0.2, 0.25) is 10.0 Å². The predicted octanol–water partition coefficient (Wildman–Crippen LogP) is 3.09. The van der Waals surface area contributed by atoms with E-state index in [-0.39, 0.29) is 43.1 Å². The minimum absolute atomic E-state index is 0.0348. The molecule has 4 fully saturated rings. The average Bonchev–Trinajstić information content (AvgIpc) is 3.92. The van der Waals surface area contributed by atoms with Crippen LogP contribution in [0.2, 0.25) is 0 Å². The average molecular weight is 755 g/mol. The Balaban J connectivity index is 1.27. The maximum Gasteiger partial charge on any atom is 0.333 e. The highest BCUT2D eigenvalue weighted by Gasteiger charge is 2.58. The Morgan fingerprint density at radius 3 is 2.42 bits per heavy atom. The van der Waals surface area contributed by atoms with E-state index < -0.39 is 43.6 Å². The van der Waals surface area contributed by atoms with Crippen LogP contribution in [-0.2, 0) is 41.1 Å². The summed E-state index contributed by atoms with van der Waals surface area (Å²) in [6, 6.07) is 7.48. The highest BCUT2D eigenvalue weighted by molar-refractivity contribution is 7.91. The first-order chi connectivity index (χ1) is 24.9. The van der Waals surface area contributed by atoms with Crippen molar-refractivity contribution in [3.05, 3.63) is 68.6 Å². The lowest BCUT2D eigenvalue weighted by Gasteiger charge is -2.32. The fourth-order valence-electron chi connectivity index (χ4n) is 7.49. The number of nitrogens with one attached hydrogen (secondary N) is 1. The number of ether oxygens (including phenoxy) is 4. The summed E-state index contributed by atoms with van der Waals surface area (Å²) in [6.07, 6.45) is 6.79. The van der Waals surface area contributed by atoms with Gasteiger partial charge in [-0.1, -0.05) is 29.5 Å². The van der Waals surface area contributed by atoms with Crippen molar-refractivity contribution in [1.82, 2.24) is 28.9 Å². The molecule has 1 amide bonds. The number of methoxy groups -OCH3 is 1. The van der Waals surface area contributed by atoms with Gasteiger partial charge in [-0.2, -0.15) is 10.2 Å². The molecule has 0 radical (unpaired) electrons. The number of sulfonamides is 1. The molecular formula is C35H42N6O9S2. The Hall–Kier alpha value is -3.90. The van der Waals surface area contributed by atoms with Gasteiger partial charge in [0, 0.05) is 18.2 Å². The fraction of sp³-hybridized carbons (Fsp3) is 0.571. The van der Waals surface area contributed by atoms with E-state index in [0.717, 1.165) is 17.4 Å². The first-order valence-corrected chi connectivity index (χ1v) is 20.0. The van der Waals surface area contributed by atoms with Crippen molar-refractivity contribution >= 4 is 37.5 Å². The van der Waals surface area contributed by atoms with Crippen molar-refractivity contribution in [2.75, 3.05) is 20.3 Å². The highest BCUT2D eigenvalue weighted by atomic mass is 32.2. The Bertz CT molecular complexity index is 2230. The van der Waals surface area contributed by atoms with E-state index in [1.54, 1.807) is 21.0 Å². The number of nitrogens with zero attached hydrogens (tertiary/aromatic N) is 5. The minimum atomic E-state index is -4.03. The zero-order chi connectivity index (χ0) is 36.4. The number of fused-ring (bicyclic) bond motifs is 3. The topological polar surface area (TPSA) is 175 Å². The van der Waals surface area contributed by atoms with Crippen molar-refractivity contribution < 1.29 is 32.2 Å². The number of aryl methyl sites for hydroxylation is 1. The third-order valence-electron chi connectivity index (χ3n) is 11.0. The molecule has 278 valence electrons. The van der Waals surface area contributed by atoms with Crippen molar-refractivity contribution in [2.24, 2.45) is 0 Å². The number of hydrogen-bond acceptors (Lipinski definition) is 12. The van der Waals surface area contributed by atoms with Gasteiger partial charge in [-0.15, -0.1) is 4.80 Å². The van der Waals surface area contributed by atoms with Crippen LogP contribution in [0.1, 0.15) is 75.5 Å². The van der Waals surface area contributed by atoms with Crippen LogP contribution in [0.4, 0.5) is 0 Å². The van der Waals surface area contributed by atoms with Gasteiger partial charge in [0.05, 0.1) is 54.0 Å². The predicted molar refractivity (Wildman–Crippen MR) is 190 cm³/mol. The lowest BCUT2D eigenvalue weighted by molar-refractivity contribution is -0.124. The lowest BCUT2D eigenvalue weighted by Crippen LogP contribution is -2.53. The highest BCUT2D eigenvalue weighted by Crippen LogP contribution is 2.46. The maximum atomic E-state index is 14.9. The zero-order valence-corrected chi connectivity index (χ0v) is 30.9. The molecule has 2 aliphatic carbocycles. The van der Waals surface area contributed by atoms with E-state index in [1.165, 1.54) is 33.1 Å². The van der Waals surface area contributed by atoms with Gasteiger partial charge in [-0.05, 0) is 71.3 Å². The molecule has 1 N–H and O–H groups in total. The monoisotopic (exact) mass is 754 g/mol. The Kier molecular flexibility index (Phi) is 8.92. The maximum absolute atomic E-state index is 14.9. The number of aromatic nitrogens is 5. The summed E-state index contributed by atoms with van der Waals surface area (Å²) >= 11 is 1.19. The first kappa shape index (κ1) is 35.1. The Morgan fingerprint density at radius 2 is 1.77 bits per heavy atom. The van der Waals surface area contributed by atoms with Gasteiger partial charge in [-0.25, -0.2) is 17.8 Å². The number of carbonyl (C=O) groups excluding carboxylic acids is 1. The van der Waals surface area contributed by atoms with Crippen LogP contribution in [0.25, 0.3) is 15.2 Å². The first-order valence-electron chi connectivity index (χ1n) is 17.7. The molecule has 0 unspecified atom stereocenters. The third kappa shape index (κ3) is 6.09. The van der Waals surface area contributed by atoms with E-state index in [0.29, 0.717) is 65.6 Å². The smallest absolute Gasteiger partial charge is 0.333 e. The number of para-hydroxylation sites is 1. The number of amides is 1. The molecule has 1 aromatic carbocycles. The summed E-state index contributed by atoms with van der Waals surface area (Å²) in [5, 5.41) is 9.32. The SMILES string of the molecule is COCCOc1ccccc1[C@H](Cn1c(=O)n(C2(C(=O)NS(=O)(=O)C3(C)CC3)CC2)c(=O)c2c(C)c(-n3nccn3)sc21)O[C@@H]1C[C@H]2CC[C@@H](C1)O2. The normalized spacial score (nSPS) is 23.4. The number of carbonyl (C=O) groups is 1. The van der Waals surface area contributed by atoms with Gasteiger partial charge in [0.1, 0.15) is 33.8 Å². The lowest BCUT2D eigenvalue weighted by atomic mass is 10.0. The number of rotatable bonds is 14. The zero-order valence-electron chi connectivity index (χ0n) is 29.3. The summed E-state index contributed by atoms with van der Waals surface area (Å²) in [5.41, 5.74) is -1.84.